The molecule has 1 aromatic carbocycles. The molecule has 0 fully saturated rings. The van der Waals surface area contributed by atoms with Gasteiger partial charge in [0.05, 0.1) is 20.1 Å². The zero-order chi connectivity index (χ0) is 16.4. The van der Waals surface area contributed by atoms with Gasteiger partial charge in [-0.15, -0.1) is 0 Å². The highest BCUT2D eigenvalue weighted by Crippen LogP contribution is 2.24. The minimum Gasteiger partial charge on any atom is -0.493 e. The normalized spacial score (nSPS) is 10.5. The monoisotopic (exact) mass is 369 g/mol. The molecule has 0 unspecified atom stereocenters. The van der Waals surface area contributed by atoms with Crippen LogP contribution in [0.5, 0.6) is 5.75 Å². The average molecular weight is 370 g/mol. The van der Waals surface area contributed by atoms with E-state index < -0.39 is 0 Å². The lowest BCUT2D eigenvalue weighted by Gasteiger charge is -2.08. The molecule has 120 valence electrons. The molecule has 0 aromatic heterocycles. The third-order valence-electron chi connectivity index (χ3n) is 2.70. The van der Waals surface area contributed by atoms with Crippen molar-refractivity contribution in [1.82, 2.24) is 5.32 Å². The molecule has 0 aliphatic heterocycles. The fourth-order valence-corrected chi connectivity index (χ4v) is 1.99. The number of esters is 1. The van der Waals surface area contributed by atoms with Gasteiger partial charge in [0, 0.05) is 22.7 Å². The van der Waals surface area contributed by atoms with Crippen LogP contribution in [0.1, 0.15) is 25.3 Å². The summed E-state index contributed by atoms with van der Waals surface area (Å²) in [7, 11) is 1.31. The van der Waals surface area contributed by atoms with Gasteiger partial charge in [-0.3, -0.25) is 9.59 Å². The third kappa shape index (κ3) is 6.76. The highest BCUT2D eigenvalue weighted by Gasteiger charge is 2.04. The van der Waals surface area contributed by atoms with E-state index in [-0.39, 0.29) is 24.8 Å². The molecule has 0 radical (unpaired) electrons. The third-order valence-corrected chi connectivity index (χ3v) is 3.20. The van der Waals surface area contributed by atoms with Gasteiger partial charge < -0.3 is 14.8 Å². The Kier molecular flexibility index (Phi) is 8.28. The number of halogens is 1. The molecule has 0 saturated carbocycles. The van der Waals surface area contributed by atoms with Crippen LogP contribution < -0.4 is 10.1 Å². The van der Waals surface area contributed by atoms with Gasteiger partial charge in [0.2, 0.25) is 5.91 Å². The van der Waals surface area contributed by atoms with Crippen LogP contribution in [0, 0.1) is 0 Å². The molecule has 5 nitrogen and oxygen atoms in total. The number of carbonyl (C=O) groups excluding carboxylic acids is 2. The zero-order valence-electron chi connectivity index (χ0n) is 12.7. The average Bonchev–Trinajstić information content (AvgIpc) is 2.51. The van der Waals surface area contributed by atoms with Gasteiger partial charge >= 0.3 is 5.97 Å². The second-order valence-electron chi connectivity index (χ2n) is 4.48. The molecule has 0 aliphatic carbocycles. The Hall–Kier alpha value is -1.82. The molecule has 1 N–H and O–H groups in total. The van der Waals surface area contributed by atoms with Gasteiger partial charge in [0.25, 0.3) is 0 Å². The van der Waals surface area contributed by atoms with Crippen molar-refractivity contribution in [3.8, 4) is 5.75 Å². The molecule has 0 heterocycles. The Bertz CT molecular complexity index is 543. The molecule has 1 rings (SSSR count). The summed E-state index contributed by atoms with van der Waals surface area (Å²) in [6.07, 6.45) is 4.16. The Morgan fingerprint density at radius 2 is 2.14 bits per heavy atom. The van der Waals surface area contributed by atoms with E-state index in [0.29, 0.717) is 6.61 Å². The van der Waals surface area contributed by atoms with E-state index in [4.69, 9.17) is 4.74 Å². The molecule has 1 aromatic rings. The fraction of sp³-hybridized carbons (Fsp3) is 0.375. The second-order valence-corrected chi connectivity index (χ2v) is 5.40. The quantitative estimate of drug-likeness (QED) is 0.565. The van der Waals surface area contributed by atoms with Crippen LogP contribution in [0.2, 0.25) is 0 Å². The van der Waals surface area contributed by atoms with Gasteiger partial charge in [0.1, 0.15) is 5.75 Å². The van der Waals surface area contributed by atoms with Gasteiger partial charge in [-0.25, -0.2) is 0 Å². The first kappa shape index (κ1) is 18.2. The number of methoxy groups -OCH3 is 1. The van der Waals surface area contributed by atoms with Crippen molar-refractivity contribution < 1.29 is 19.1 Å². The summed E-state index contributed by atoms with van der Waals surface area (Å²) < 4.78 is 11.0. The number of hydrogen-bond acceptors (Lipinski definition) is 4. The van der Waals surface area contributed by atoms with Crippen LogP contribution in [0.4, 0.5) is 0 Å². The molecule has 1 amide bonds. The van der Waals surface area contributed by atoms with Gasteiger partial charge in [0.15, 0.2) is 0 Å². The summed E-state index contributed by atoms with van der Waals surface area (Å²) in [5.74, 6) is 0.0977. The van der Waals surface area contributed by atoms with E-state index in [1.807, 2.05) is 25.1 Å². The highest BCUT2D eigenvalue weighted by atomic mass is 79.9. The molecule has 22 heavy (non-hydrogen) atoms. The summed E-state index contributed by atoms with van der Waals surface area (Å²) in [5, 5.41) is 2.62. The molecule has 0 aliphatic rings. The SMILES string of the molecule is CCCOc1ccc(Br)cc1/C=C/C(=O)NCCC(=O)OC. The summed E-state index contributed by atoms with van der Waals surface area (Å²) in [6, 6.07) is 5.62. The topological polar surface area (TPSA) is 64.6 Å². The van der Waals surface area contributed by atoms with Crippen molar-refractivity contribution in [2.24, 2.45) is 0 Å². The summed E-state index contributed by atoms with van der Waals surface area (Å²) >= 11 is 3.40. The summed E-state index contributed by atoms with van der Waals surface area (Å²) in [4.78, 5) is 22.6. The van der Waals surface area contributed by atoms with Crippen LogP contribution in [0.3, 0.4) is 0 Å². The molecule has 0 bridgehead atoms. The lowest BCUT2D eigenvalue weighted by molar-refractivity contribution is -0.140. The first-order chi connectivity index (χ1) is 10.6. The lowest BCUT2D eigenvalue weighted by atomic mass is 10.2. The first-order valence-electron chi connectivity index (χ1n) is 7.02. The van der Waals surface area contributed by atoms with Gasteiger partial charge in [-0.05, 0) is 30.7 Å². The number of ether oxygens (including phenoxy) is 2. The van der Waals surface area contributed by atoms with E-state index in [0.717, 1.165) is 22.2 Å². The summed E-state index contributed by atoms with van der Waals surface area (Å²) in [6.45, 7) is 2.89. The number of rotatable bonds is 8. The van der Waals surface area contributed by atoms with Crippen LogP contribution >= 0.6 is 15.9 Å². The van der Waals surface area contributed by atoms with Crippen molar-refractivity contribution in [1.29, 1.82) is 0 Å². The van der Waals surface area contributed by atoms with E-state index in [1.54, 1.807) is 6.08 Å². The summed E-state index contributed by atoms with van der Waals surface area (Å²) in [5.41, 5.74) is 0.811. The standard InChI is InChI=1S/C16H20BrNO4/c1-3-10-22-14-6-5-13(17)11-12(14)4-7-15(19)18-9-8-16(20)21-2/h4-7,11H,3,8-10H2,1-2H3,(H,18,19)/b7-4+. The van der Waals surface area contributed by atoms with Crippen LogP contribution in [-0.4, -0.2) is 32.1 Å². The van der Waals surface area contributed by atoms with E-state index in [1.165, 1.54) is 13.2 Å². The zero-order valence-corrected chi connectivity index (χ0v) is 14.3. The van der Waals surface area contributed by atoms with Crippen LogP contribution in [-0.2, 0) is 14.3 Å². The van der Waals surface area contributed by atoms with Crippen LogP contribution in [0.15, 0.2) is 28.7 Å². The maximum atomic E-state index is 11.7. The Balaban J connectivity index is 2.62. The van der Waals surface area contributed by atoms with Crippen molar-refractivity contribution in [2.45, 2.75) is 19.8 Å². The maximum absolute atomic E-state index is 11.7. The molecular formula is C16H20BrNO4. The minimum atomic E-state index is -0.355. The van der Waals surface area contributed by atoms with Gasteiger partial charge in [-0.2, -0.15) is 0 Å². The number of nitrogens with one attached hydrogen (secondary N) is 1. The smallest absolute Gasteiger partial charge is 0.307 e. The highest BCUT2D eigenvalue weighted by molar-refractivity contribution is 9.10. The molecule has 6 heteroatoms. The molecule has 0 saturated heterocycles. The van der Waals surface area contributed by atoms with Crippen molar-refractivity contribution in [3.05, 3.63) is 34.3 Å². The predicted octanol–water partition coefficient (Wildman–Crippen LogP) is 2.93. The minimum absolute atomic E-state index is 0.151. The molecule has 0 atom stereocenters. The van der Waals surface area contributed by atoms with E-state index >= 15 is 0 Å². The predicted molar refractivity (Wildman–Crippen MR) is 88.6 cm³/mol. The van der Waals surface area contributed by atoms with E-state index in [2.05, 4.69) is 26.0 Å². The van der Waals surface area contributed by atoms with Crippen molar-refractivity contribution in [3.63, 3.8) is 0 Å². The Morgan fingerprint density at radius 1 is 1.36 bits per heavy atom. The maximum Gasteiger partial charge on any atom is 0.307 e. The lowest BCUT2D eigenvalue weighted by Crippen LogP contribution is -2.24. The number of benzene rings is 1. The Labute approximate surface area is 138 Å². The van der Waals surface area contributed by atoms with Gasteiger partial charge in [-0.1, -0.05) is 22.9 Å². The number of amides is 1. The van der Waals surface area contributed by atoms with Crippen molar-refractivity contribution in [2.75, 3.05) is 20.3 Å². The second kappa shape index (κ2) is 10.00. The largest absolute Gasteiger partial charge is 0.493 e. The van der Waals surface area contributed by atoms with Crippen molar-refractivity contribution >= 4 is 33.9 Å². The number of hydrogen-bond donors (Lipinski definition) is 1. The fourth-order valence-electron chi connectivity index (χ4n) is 1.61. The van der Waals surface area contributed by atoms with Crippen LogP contribution in [0.25, 0.3) is 6.08 Å². The number of carbonyl (C=O) groups is 2. The first-order valence-corrected chi connectivity index (χ1v) is 7.81. The molecular weight excluding hydrogens is 350 g/mol. The molecule has 0 spiro atoms. The Morgan fingerprint density at radius 3 is 2.82 bits per heavy atom. The van der Waals surface area contributed by atoms with E-state index in [9.17, 15) is 9.59 Å².